The second kappa shape index (κ2) is 7.56. The van der Waals surface area contributed by atoms with E-state index in [2.05, 4.69) is 15.6 Å². The molecule has 2 N–H and O–H groups in total. The first-order chi connectivity index (χ1) is 10.6. The predicted molar refractivity (Wildman–Crippen MR) is 85.7 cm³/mol. The maximum Gasteiger partial charge on any atom is 0.407 e. The number of aromatic nitrogens is 1. The van der Waals surface area contributed by atoms with Crippen molar-refractivity contribution in [1.29, 1.82) is 0 Å². The van der Waals surface area contributed by atoms with Crippen molar-refractivity contribution in [2.75, 3.05) is 11.9 Å². The van der Waals surface area contributed by atoms with Crippen LogP contribution in [0.5, 0.6) is 0 Å². The van der Waals surface area contributed by atoms with Crippen LogP contribution in [0, 0.1) is 0 Å². The van der Waals surface area contributed by atoms with E-state index < -0.39 is 6.09 Å². The third-order valence-corrected chi connectivity index (χ3v) is 3.56. The number of amides is 2. The van der Waals surface area contributed by atoms with Gasteiger partial charge in [-0.25, -0.2) is 9.78 Å². The smallest absolute Gasteiger partial charge is 0.407 e. The second-order valence-electron chi connectivity index (χ2n) is 4.46. The van der Waals surface area contributed by atoms with Gasteiger partial charge in [-0.3, -0.25) is 4.79 Å². The van der Waals surface area contributed by atoms with Gasteiger partial charge in [0.05, 0.1) is 18.8 Å². The van der Waals surface area contributed by atoms with Gasteiger partial charge < -0.3 is 15.4 Å². The third kappa shape index (κ3) is 4.56. The molecule has 0 spiro atoms. The van der Waals surface area contributed by atoms with Gasteiger partial charge in [0.15, 0.2) is 0 Å². The molecule has 116 valence electrons. The molecule has 0 aliphatic heterocycles. The van der Waals surface area contributed by atoms with E-state index in [9.17, 15) is 9.59 Å². The number of nitrogens with zero attached hydrogens (tertiary/aromatic N) is 1. The molecule has 0 saturated carbocycles. The summed E-state index contributed by atoms with van der Waals surface area (Å²) in [6, 6.07) is 7.44. The van der Waals surface area contributed by atoms with Crippen LogP contribution >= 0.6 is 11.3 Å². The molecule has 2 amide bonds. The predicted octanol–water partition coefficient (Wildman–Crippen LogP) is 3.01. The lowest BCUT2D eigenvalue weighted by Crippen LogP contribution is -2.23. The largest absolute Gasteiger partial charge is 0.450 e. The zero-order valence-electron chi connectivity index (χ0n) is 12.4. The summed E-state index contributed by atoms with van der Waals surface area (Å²) in [6.45, 7) is 3.91. The average molecular weight is 319 g/mol. The summed E-state index contributed by atoms with van der Waals surface area (Å²) in [5, 5.41) is 8.08. The van der Waals surface area contributed by atoms with E-state index in [-0.39, 0.29) is 5.91 Å². The first-order valence-corrected chi connectivity index (χ1v) is 7.69. The SMILES string of the molecule is CCOC(=O)NCc1nc(-c2ccc(NC(C)=O)cc2)cs1. The van der Waals surface area contributed by atoms with Gasteiger partial charge in [0.2, 0.25) is 5.91 Å². The summed E-state index contributed by atoms with van der Waals surface area (Å²) in [4.78, 5) is 26.7. The van der Waals surface area contributed by atoms with Crippen molar-refractivity contribution in [2.24, 2.45) is 0 Å². The Labute approximate surface area is 132 Å². The number of thiazole rings is 1. The Bertz CT molecular complexity index is 652. The van der Waals surface area contributed by atoms with Crippen LogP contribution in [-0.2, 0) is 16.1 Å². The van der Waals surface area contributed by atoms with Crippen LogP contribution in [0.1, 0.15) is 18.9 Å². The average Bonchev–Trinajstić information content (AvgIpc) is 2.94. The fourth-order valence-corrected chi connectivity index (χ4v) is 2.53. The summed E-state index contributed by atoms with van der Waals surface area (Å²) in [6.07, 6.45) is -0.445. The van der Waals surface area contributed by atoms with Crippen LogP contribution in [0.3, 0.4) is 0 Å². The topological polar surface area (TPSA) is 80.3 Å². The molecule has 1 aromatic carbocycles. The van der Waals surface area contributed by atoms with E-state index >= 15 is 0 Å². The number of carbonyl (C=O) groups excluding carboxylic acids is 2. The summed E-state index contributed by atoms with van der Waals surface area (Å²) >= 11 is 1.47. The zero-order valence-corrected chi connectivity index (χ0v) is 13.2. The van der Waals surface area contributed by atoms with Gasteiger partial charge in [-0.05, 0) is 19.1 Å². The van der Waals surface area contributed by atoms with Crippen molar-refractivity contribution in [1.82, 2.24) is 10.3 Å². The van der Waals surface area contributed by atoms with Gasteiger partial charge in [0.1, 0.15) is 5.01 Å². The minimum atomic E-state index is -0.445. The lowest BCUT2D eigenvalue weighted by atomic mass is 10.1. The number of hydrogen-bond acceptors (Lipinski definition) is 5. The van der Waals surface area contributed by atoms with Crippen molar-refractivity contribution in [3.05, 3.63) is 34.7 Å². The monoisotopic (exact) mass is 319 g/mol. The maximum atomic E-state index is 11.2. The molecule has 0 saturated heterocycles. The maximum absolute atomic E-state index is 11.2. The molecule has 22 heavy (non-hydrogen) atoms. The van der Waals surface area contributed by atoms with Crippen LogP contribution in [0.25, 0.3) is 11.3 Å². The van der Waals surface area contributed by atoms with E-state index in [1.807, 2.05) is 29.6 Å². The Balaban J connectivity index is 1.98. The van der Waals surface area contributed by atoms with Crippen LogP contribution in [0.2, 0.25) is 0 Å². The highest BCUT2D eigenvalue weighted by molar-refractivity contribution is 7.09. The number of nitrogens with one attached hydrogen (secondary N) is 2. The summed E-state index contributed by atoms with van der Waals surface area (Å²) in [5.41, 5.74) is 2.53. The molecule has 0 atom stereocenters. The quantitative estimate of drug-likeness (QED) is 0.887. The van der Waals surface area contributed by atoms with Crippen LogP contribution < -0.4 is 10.6 Å². The van der Waals surface area contributed by atoms with Crippen LogP contribution in [0.15, 0.2) is 29.6 Å². The van der Waals surface area contributed by atoms with Gasteiger partial charge in [0.25, 0.3) is 0 Å². The Kier molecular flexibility index (Phi) is 5.48. The Morgan fingerprint density at radius 3 is 2.64 bits per heavy atom. The standard InChI is InChI=1S/C15H17N3O3S/c1-3-21-15(20)16-8-14-18-13(9-22-14)11-4-6-12(7-5-11)17-10(2)19/h4-7,9H,3,8H2,1-2H3,(H,16,20)(H,17,19). The van der Waals surface area contributed by atoms with Gasteiger partial charge in [-0.15, -0.1) is 11.3 Å². The molecule has 0 fully saturated rings. The normalized spacial score (nSPS) is 10.1. The minimum absolute atomic E-state index is 0.103. The molecule has 0 unspecified atom stereocenters. The third-order valence-electron chi connectivity index (χ3n) is 2.71. The highest BCUT2D eigenvalue weighted by Crippen LogP contribution is 2.23. The number of ether oxygens (including phenoxy) is 1. The Morgan fingerprint density at radius 2 is 2.00 bits per heavy atom. The number of benzene rings is 1. The first-order valence-electron chi connectivity index (χ1n) is 6.81. The molecular weight excluding hydrogens is 302 g/mol. The zero-order chi connectivity index (χ0) is 15.9. The van der Waals surface area contributed by atoms with Gasteiger partial charge in [-0.2, -0.15) is 0 Å². The second-order valence-corrected chi connectivity index (χ2v) is 5.40. The molecule has 2 rings (SSSR count). The van der Waals surface area contributed by atoms with E-state index in [1.54, 1.807) is 6.92 Å². The van der Waals surface area contributed by atoms with Gasteiger partial charge >= 0.3 is 6.09 Å². The number of carbonyl (C=O) groups is 2. The van der Waals surface area contributed by atoms with Crippen molar-refractivity contribution in [3.8, 4) is 11.3 Å². The Morgan fingerprint density at radius 1 is 1.27 bits per heavy atom. The van der Waals surface area contributed by atoms with Crippen molar-refractivity contribution in [3.63, 3.8) is 0 Å². The molecule has 0 radical (unpaired) electrons. The van der Waals surface area contributed by atoms with E-state index in [1.165, 1.54) is 18.3 Å². The number of anilines is 1. The van der Waals surface area contributed by atoms with Crippen LogP contribution in [-0.4, -0.2) is 23.6 Å². The highest BCUT2D eigenvalue weighted by Gasteiger charge is 2.07. The number of rotatable bonds is 5. The van der Waals surface area contributed by atoms with E-state index in [4.69, 9.17) is 4.74 Å². The molecule has 1 aromatic heterocycles. The molecule has 0 bridgehead atoms. The molecular formula is C15H17N3O3S. The lowest BCUT2D eigenvalue weighted by Gasteiger charge is -2.03. The van der Waals surface area contributed by atoms with Gasteiger partial charge in [0, 0.05) is 23.6 Å². The van der Waals surface area contributed by atoms with Gasteiger partial charge in [-0.1, -0.05) is 12.1 Å². The molecule has 6 nitrogen and oxygen atoms in total. The summed E-state index contributed by atoms with van der Waals surface area (Å²) in [5.74, 6) is -0.103. The van der Waals surface area contributed by atoms with Crippen molar-refractivity contribution >= 4 is 29.0 Å². The fraction of sp³-hybridized carbons (Fsp3) is 0.267. The van der Waals surface area contributed by atoms with Crippen molar-refractivity contribution in [2.45, 2.75) is 20.4 Å². The molecule has 1 heterocycles. The minimum Gasteiger partial charge on any atom is -0.450 e. The summed E-state index contributed by atoms with van der Waals surface area (Å²) < 4.78 is 4.79. The van der Waals surface area contributed by atoms with E-state index in [0.717, 1.165) is 22.0 Å². The number of hydrogen-bond donors (Lipinski definition) is 2. The highest BCUT2D eigenvalue weighted by atomic mass is 32.1. The molecule has 2 aromatic rings. The molecule has 7 heteroatoms. The molecule has 0 aliphatic carbocycles. The van der Waals surface area contributed by atoms with Crippen LogP contribution in [0.4, 0.5) is 10.5 Å². The van der Waals surface area contributed by atoms with E-state index in [0.29, 0.717) is 13.2 Å². The first kappa shape index (κ1) is 16.0. The lowest BCUT2D eigenvalue weighted by molar-refractivity contribution is -0.114. The number of alkyl carbamates (subject to hydrolysis) is 1. The van der Waals surface area contributed by atoms with Crippen molar-refractivity contribution < 1.29 is 14.3 Å². The molecule has 0 aliphatic rings. The fourth-order valence-electron chi connectivity index (χ4n) is 1.78. The summed E-state index contributed by atoms with van der Waals surface area (Å²) in [7, 11) is 0. The Hall–Kier alpha value is -2.41.